The number of carbonyl (C=O) groups is 3. The number of hydrogen-bond donors (Lipinski definition) is 3. The second-order valence-corrected chi connectivity index (χ2v) is 15.3. The highest BCUT2D eigenvalue weighted by atomic mass is 32.1. The van der Waals surface area contributed by atoms with E-state index in [0.29, 0.717) is 137 Å². The Labute approximate surface area is 407 Å². The van der Waals surface area contributed by atoms with Crippen molar-refractivity contribution >= 4 is 40.6 Å². The van der Waals surface area contributed by atoms with Crippen molar-refractivity contribution in [2.24, 2.45) is 17.2 Å². The minimum atomic E-state index is -0.523. The van der Waals surface area contributed by atoms with Crippen molar-refractivity contribution < 1.29 is 61.5 Å². The Morgan fingerprint density at radius 1 is 0.565 bits per heavy atom. The summed E-state index contributed by atoms with van der Waals surface area (Å²) >= 11 is 2.63. The van der Waals surface area contributed by atoms with Gasteiger partial charge in [-0.3, -0.25) is 0 Å². The summed E-state index contributed by atoms with van der Waals surface area (Å²) in [6, 6.07) is 15.9. The van der Waals surface area contributed by atoms with E-state index in [-0.39, 0.29) is 18.3 Å². The normalized spacial score (nSPS) is 10.5. The van der Waals surface area contributed by atoms with Gasteiger partial charge in [-0.2, -0.15) is 0 Å². The van der Waals surface area contributed by atoms with Crippen molar-refractivity contribution in [3.63, 3.8) is 0 Å². The molecule has 0 spiro atoms. The molecular formula is C46H58N8O13S2. The predicted octanol–water partition coefficient (Wildman–Crippen LogP) is 5.34. The van der Waals surface area contributed by atoms with E-state index in [1.807, 2.05) is 24.3 Å². The first-order chi connectivity index (χ1) is 33.7. The van der Waals surface area contributed by atoms with Crippen molar-refractivity contribution in [1.29, 1.82) is 0 Å². The van der Waals surface area contributed by atoms with Crippen LogP contribution in [0.4, 0.5) is 0 Å². The highest BCUT2D eigenvalue weighted by Crippen LogP contribution is 2.30. The molecule has 21 nitrogen and oxygen atoms in total. The zero-order chi connectivity index (χ0) is 49.5. The molecule has 6 heterocycles. The third-order valence-electron chi connectivity index (χ3n) is 8.32. The van der Waals surface area contributed by atoms with Crippen LogP contribution in [0.15, 0.2) is 83.1 Å². The Balaban J connectivity index is 0.000000225. The molecule has 69 heavy (non-hydrogen) atoms. The van der Waals surface area contributed by atoms with Gasteiger partial charge in [-0.1, -0.05) is 5.16 Å². The number of thiazole rings is 1. The fourth-order valence-corrected chi connectivity index (χ4v) is 6.93. The number of aromatic nitrogens is 5. The summed E-state index contributed by atoms with van der Waals surface area (Å²) in [6.45, 7) is 11.7. The van der Waals surface area contributed by atoms with Gasteiger partial charge in [-0.15, -0.1) is 22.7 Å². The van der Waals surface area contributed by atoms with E-state index in [9.17, 15) is 14.4 Å². The van der Waals surface area contributed by atoms with Crippen molar-refractivity contribution in [2.75, 3.05) is 98.9 Å². The van der Waals surface area contributed by atoms with Crippen LogP contribution < -0.4 is 31.4 Å². The molecule has 0 aliphatic carbocycles. The Kier molecular flexibility index (Phi) is 25.8. The van der Waals surface area contributed by atoms with Gasteiger partial charge in [0.25, 0.3) is 0 Å². The molecule has 0 unspecified atom stereocenters. The van der Waals surface area contributed by atoms with Crippen LogP contribution in [-0.2, 0) is 28.4 Å². The number of thiophene rings is 1. The molecule has 0 amide bonds. The number of nitrogens with two attached hydrogens (primary N) is 3. The molecule has 6 rings (SSSR count). The maximum atomic E-state index is 11.7. The van der Waals surface area contributed by atoms with Gasteiger partial charge in [0.15, 0.2) is 11.5 Å². The van der Waals surface area contributed by atoms with Crippen molar-refractivity contribution in [1.82, 2.24) is 25.1 Å². The van der Waals surface area contributed by atoms with Crippen LogP contribution in [0.3, 0.4) is 0 Å². The number of carbonyl (C=O) groups excluding carboxylic acids is 3. The van der Waals surface area contributed by atoms with Crippen LogP contribution in [-0.4, -0.2) is 142 Å². The summed E-state index contributed by atoms with van der Waals surface area (Å²) in [4.78, 5) is 53.2. The standard InChI is InChI=1S/C16H20N2O4S.C15H19N3O5.C15H19N3O4S/c1-2-21-16(19)14-4-3-13(23-14)12-5-7-18-15(11-12)22-10-9-20-8-6-17;1-2-21-15(19)12-10-13(23-18-12)11-3-5-17-14(9-11)22-8-7-20-6-4-16;1-2-21-15(19)14-18-12(10-23-14)11-3-5-17-13(9-11)22-8-7-20-6-4-16/h3-5,7,11H,2,6,8-10,17H2,1H3;2*3,5,9-10H,2,4,6-8,16H2,1H3. The molecule has 0 saturated heterocycles. The molecule has 0 aromatic carbocycles. The maximum Gasteiger partial charge on any atom is 0.367 e. The summed E-state index contributed by atoms with van der Waals surface area (Å²) in [5.74, 6) is 0.616. The molecule has 6 aromatic heterocycles. The molecule has 6 N–H and O–H groups in total. The Morgan fingerprint density at radius 2 is 1.06 bits per heavy atom. The van der Waals surface area contributed by atoms with Gasteiger partial charge in [0.2, 0.25) is 22.6 Å². The lowest BCUT2D eigenvalue weighted by Crippen LogP contribution is -2.13. The largest absolute Gasteiger partial charge is 0.475 e. The maximum absolute atomic E-state index is 11.7. The molecule has 0 atom stereocenters. The molecule has 0 radical (unpaired) electrons. The first-order valence-electron chi connectivity index (χ1n) is 21.9. The number of nitrogens with zero attached hydrogens (tertiary/aromatic N) is 5. The molecular weight excluding hydrogens is 937 g/mol. The number of rotatable bonds is 27. The van der Waals surface area contributed by atoms with E-state index in [4.69, 9.17) is 64.4 Å². The molecule has 0 aliphatic rings. The minimum absolute atomic E-state index is 0.122. The third kappa shape index (κ3) is 20.0. The van der Waals surface area contributed by atoms with E-state index in [1.165, 1.54) is 28.7 Å². The molecule has 0 bridgehead atoms. The second kappa shape index (κ2) is 32.3. The molecule has 23 heteroatoms. The molecule has 0 fully saturated rings. The van der Waals surface area contributed by atoms with Crippen LogP contribution >= 0.6 is 22.7 Å². The molecule has 6 aromatic rings. The minimum Gasteiger partial charge on any atom is -0.475 e. The second-order valence-electron chi connectivity index (χ2n) is 13.3. The van der Waals surface area contributed by atoms with Gasteiger partial charge < -0.3 is 64.4 Å². The summed E-state index contributed by atoms with van der Waals surface area (Å²) < 4.78 is 52.2. The van der Waals surface area contributed by atoms with Gasteiger partial charge in [0.05, 0.1) is 65.2 Å². The SMILES string of the molecule is CCOC(=O)c1cc(-c2ccnc(OCCOCCN)c2)on1.CCOC(=O)c1ccc(-c2ccnc(OCCOCCN)c2)s1.CCOC(=O)c1nc(-c2ccnc(OCCOCCN)c2)cs1. The lowest BCUT2D eigenvalue weighted by atomic mass is 10.2. The Morgan fingerprint density at radius 3 is 1.61 bits per heavy atom. The van der Waals surface area contributed by atoms with Crippen LogP contribution in [0.25, 0.3) is 33.0 Å². The lowest BCUT2D eigenvalue weighted by Gasteiger charge is -2.06. The quantitative estimate of drug-likeness (QED) is 0.0333. The summed E-state index contributed by atoms with van der Waals surface area (Å²) in [7, 11) is 0. The van der Waals surface area contributed by atoms with Gasteiger partial charge in [-0.25, -0.2) is 34.3 Å². The number of pyridine rings is 3. The van der Waals surface area contributed by atoms with Crippen molar-refractivity contribution in [2.45, 2.75) is 20.8 Å². The van der Waals surface area contributed by atoms with E-state index < -0.39 is 11.9 Å². The first kappa shape index (κ1) is 55.2. The third-order valence-corrected chi connectivity index (χ3v) is 10.3. The van der Waals surface area contributed by atoms with Gasteiger partial charge in [-0.05, 0) is 56.7 Å². The van der Waals surface area contributed by atoms with E-state index in [2.05, 4.69) is 25.1 Å². The number of ether oxygens (including phenoxy) is 9. The molecule has 0 aliphatic heterocycles. The fourth-order valence-electron chi connectivity index (χ4n) is 5.31. The zero-order valence-corrected chi connectivity index (χ0v) is 40.3. The number of esters is 3. The molecule has 0 saturated carbocycles. The van der Waals surface area contributed by atoms with Crippen LogP contribution in [0.1, 0.15) is 50.7 Å². The first-order valence-corrected chi connectivity index (χ1v) is 23.6. The summed E-state index contributed by atoms with van der Waals surface area (Å²) in [5.41, 5.74) is 19.3. The highest BCUT2D eigenvalue weighted by molar-refractivity contribution is 7.17. The van der Waals surface area contributed by atoms with Gasteiger partial charge in [0.1, 0.15) is 24.7 Å². The van der Waals surface area contributed by atoms with Crippen LogP contribution in [0.5, 0.6) is 17.6 Å². The highest BCUT2D eigenvalue weighted by Gasteiger charge is 2.16. The zero-order valence-electron chi connectivity index (χ0n) is 38.7. The van der Waals surface area contributed by atoms with Crippen LogP contribution in [0, 0.1) is 0 Å². The van der Waals surface area contributed by atoms with Crippen molar-refractivity contribution in [3.8, 4) is 50.7 Å². The topological polar surface area (TPSA) is 290 Å². The Bertz CT molecular complexity index is 2150. The van der Waals surface area contributed by atoms with Crippen molar-refractivity contribution in [3.05, 3.63) is 94.1 Å². The smallest absolute Gasteiger partial charge is 0.367 e. The summed E-state index contributed by atoms with van der Waals surface area (Å²) in [6.07, 6.45) is 4.89. The fraction of sp³-hybridized carbons (Fsp3) is 0.391. The van der Waals surface area contributed by atoms with E-state index in [0.717, 1.165) is 16.0 Å². The Hall–Kier alpha value is -6.44. The van der Waals surface area contributed by atoms with Gasteiger partial charge >= 0.3 is 17.9 Å². The van der Waals surface area contributed by atoms with Crippen LogP contribution in [0.2, 0.25) is 0 Å². The average Bonchev–Trinajstić information content (AvgIpc) is 4.18. The average molecular weight is 995 g/mol. The monoisotopic (exact) mass is 994 g/mol. The number of hydrogen-bond acceptors (Lipinski definition) is 23. The predicted molar refractivity (Wildman–Crippen MR) is 257 cm³/mol. The van der Waals surface area contributed by atoms with E-state index in [1.54, 1.807) is 69.0 Å². The molecule has 372 valence electrons. The van der Waals surface area contributed by atoms with Gasteiger partial charge in [0, 0.05) is 83.9 Å². The van der Waals surface area contributed by atoms with E-state index >= 15 is 0 Å². The summed E-state index contributed by atoms with van der Waals surface area (Å²) in [5, 5.41) is 5.83. The lowest BCUT2D eigenvalue weighted by molar-refractivity contribution is 0.0508.